The van der Waals surface area contributed by atoms with Gasteiger partial charge in [-0.1, -0.05) is 17.5 Å². The summed E-state index contributed by atoms with van der Waals surface area (Å²) in [5, 5.41) is 0.362. The van der Waals surface area contributed by atoms with E-state index >= 15 is 0 Å². The maximum Gasteiger partial charge on any atom is 0.151 e. The molecule has 2 unspecified atom stereocenters. The van der Waals surface area contributed by atoms with Gasteiger partial charge in [0.1, 0.15) is 18.3 Å². The van der Waals surface area contributed by atoms with Crippen LogP contribution in [0, 0.1) is 23.7 Å². The van der Waals surface area contributed by atoms with Crippen molar-refractivity contribution in [1.82, 2.24) is 0 Å². The lowest BCUT2D eigenvalue weighted by molar-refractivity contribution is -0.136. The Balaban J connectivity index is 2.04. The van der Waals surface area contributed by atoms with E-state index in [-0.39, 0.29) is 23.4 Å². The number of carbonyl (C=O) groups is 2. The Kier molecular flexibility index (Phi) is 5.46. The van der Waals surface area contributed by atoms with Crippen LogP contribution in [0.1, 0.15) is 43.2 Å². The van der Waals surface area contributed by atoms with Crippen LogP contribution in [0.15, 0.2) is 12.1 Å². The molecule has 0 heterocycles. The summed E-state index contributed by atoms with van der Waals surface area (Å²) in [6.45, 7) is 2.45. The van der Waals surface area contributed by atoms with Crippen LogP contribution >= 0.6 is 11.6 Å². The summed E-state index contributed by atoms with van der Waals surface area (Å²) < 4.78 is 10.8. The highest BCUT2D eigenvalue weighted by molar-refractivity contribution is 6.33. The summed E-state index contributed by atoms with van der Waals surface area (Å²) >= 11 is 6.48. The van der Waals surface area contributed by atoms with Crippen molar-refractivity contribution in [2.24, 2.45) is 11.8 Å². The van der Waals surface area contributed by atoms with Gasteiger partial charge in [-0.25, -0.2) is 0 Å². The molecule has 1 aromatic rings. The van der Waals surface area contributed by atoms with Crippen molar-refractivity contribution in [2.45, 2.75) is 32.1 Å². The van der Waals surface area contributed by atoms with E-state index < -0.39 is 5.92 Å². The number of ether oxygens (including phenoxy) is 2. The van der Waals surface area contributed by atoms with E-state index in [1.807, 2.05) is 0 Å². The topological polar surface area (TPSA) is 52.6 Å². The summed E-state index contributed by atoms with van der Waals surface area (Å²) in [6.07, 6.45) is 2.27. The van der Waals surface area contributed by atoms with Crippen LogP contribution in [-0.4, -0.2) is 31.9 Å². The molecular formula is C20H21ClO4. The van der Waals surface area contributed by atoms with E-state index in [1.165, 1.54) is 0 Å². The number of methoxy groups -OCH3 is 1. The molecule has 5 heteroatoms. The number of hydrogen-bond donors (Lipinski definition) is 0. The highest BCUT2D eigenvalue weighted by Gasteiger charge is 2.48. The number of benzene rings is 1. The lowest BCUT2D eigenvalue weighted by atomic mass is 9.75. The molecule has 0 radical (unpaired) electrons. The van der Waals surface area contributed by atoms with Crippen LogP contribution in [0.3, 0.4) is 0 Å². The molecule has 4 nitrogen and oxygen atoms in total. The standard InChI is InChI=1S/C20H21ClO4/c1-3-4-12-9-15(21)17(16(10-12)25-8-7-24-2)18-19(22)13-5-6-14(11-13)20(18)23/h9-10,13-14,18H,5-8,11H2,1-2H3. The van der Waals surface area contributed by atoms with Crippen molar-refractivity contribution in [3.8, 4) is 17.6 Å². The Bertz CT molecular complexity index is 737. The molecule has 2 aliphatic carbocycles. The van der Waals surface area contributed by atoms with Crippen LogP contribution in [-0.2, 0) is 14.3 Å². The van der Waals surface area contributed by atoms with Crippen LogP contribution in [0.25, 0.3) is 0 Å². The molecule has 2 atom stereocenters. The van der Waals surface area contributed by atoms with Gasteiger partial charge in [0, 0.05) is 35.1 Å². The Labute approximate surface area is 152 Å². The molecule has 2 aliphatic rings. The van der Waals surface area contributed by atoms with Gasteiger partial charge in [0.15, 0.2) is 11.6 Å². The molecule has 2 bridgehead atoms. The van der Waals surface area contributed by atoms with Gasteiger partial charge in [-0.3, -0.25) is 9.59 Å². The predicted molar refractivity (Wildman–Crippen MR) is 95.0 cm³/mol. The molecule has 0 aromatic heterocycles. The number of halogens is 1. The van der Waals surface area contributed by atoms with E-state index in [1.54, 1.807) is 26.2 Å². The zero-order chi connectivity index (χ0) is 18.0. The molecule has 2 saturated carbocycles. The number of Topliss-reactive ketones (excluding diaryl/α,β-unsaturated/α-hetero) is 2. The van der Waals surface area contributed by atoms with Gasteiger partial charge in [0.05, 0.1) is 6.61 Å². The first-order valence-corrected chi connectivity index (χ1v) is 8.90. The third-order valence-electron chi connectivity index (χ3n) is 5.00. The van der Waals surface area contributed by atoms with Gasteiger partial charge in [-0.15, -0.1) is 5.92 Å². The lowest BCUT2D eigenvalue weighted by Gasteiger charge is -2.27. The molecule has 3 rings (SSSR count). The average Bonchev–Trinajstić information content (AvgIpc) is 3.03. The fourth-order valence-electron chi connectivity index (χ4n) is 3.84. The first kappa shape index (κ1) is 18.0. The number of carbonyl (C=O) groups excluding carboxylic acids is 2. The highest BCUT2D eigenvalue weighted by atomic mass is 35.5. The van der Waals surface area contributed by atoms with Crippen molar-refractivity contribution in [3.05, 3.63) is 28.3 Å². The largest absolute Gasteiger partial charge is 0.491 e. The monoisotopic (exact) mass is 360 g/mol. The fourth-order valence-corrected chi connectivity index (χ4v) is 4.16. The summed E-state index contributed by atoms with van der Waals surface area (Å²) in [5.74, 6) is 5.29. The van der Waals surface area contributed by atoms with Crippen molar-refractivity contribution < 1.29 is 19.1 Å². The smallest absolute Gasteiger partial charge is 0.151 e. The molecule has 0 aliphatic heterocycles. The number of ketones is 2. The summed E-state index contributed by atoms with van der Waals surface area (Å²) in [5.41, 5.74) is 1.19. The predicted octanol–water partition coefficient (Wildman–Crippen LogP) is 3.39. The van der Waals surface area contributed by atoms with E-state index in [4.69, 9.17) is 21.1 Å². The molecule has 1 aromatic carbocycles. The molecule has 132 valence electrons. The van der Waals surface area contributed by atoms with Crippen LogP contribution in [0.2, 0.25) is 5.02 Å². The molecule has 2 fully saturated rings. The van der Waals surface area contributed by atoms with E-state index in [0.29, 0.717) is 41.5 Å². The number of rotatable bonds is 5. The third-order valence-corrected chi connectivity index (χ3v) is 5.31. The molecule has 0 spiro atoms. The molecule has 0 N–H and O–H groups in total. The van der Waals surface area contributed by atoms with Gasteiger partial charge in [0.25, 0.3) is 0 Å². The zero-order valence-corrected chi connectivity index (χ0v) is 15.2. The normalized spacial score (nSPS) is 24.8. The van der Waals surface area contributed by atoms with Crippen molar-refractivity contribution >= 4 is 23.2 Å². The van der Waals surface area contributed by atoms with Crippen LogP contribution in [0.5, 0.6) is 5.75 Å². The van der Waals surface area contributed by atoms with Crippen LogP contribution in [0.4, 0.5) is 0 Å². The first-order chi connectivity index (χ1) is 12.1. The van der Waals surface area contributed by atoms with Crippen molar-refractivity contribution in [2.75, 3.05) is 20.3 Å². The molecule has 25 heavy (non-hydrogen) atoms. The van der Waals surface area contributed by atoms with Gasteiger partial charge >= 0.3 is 0 Å². The second-order valence-corrected chi connectivity index (χ2v) is 6.94. The minimum atomic E-state index is -0.820. The highest BCUT2D eigenvalue weighted by Crippen LogP contribution is 2.47. The number of fused-ring (bicyclic) bond motifs is 2. The van der Waals surface area contributed by atoms with Crippen molar-refractivity contribution in [1.29, 1.82) is 0 Å². The zero-order valence-electron chi connectivity index (χ0n) is 14.4. The molecule has 0 saturated heterocycles. The minimum absolute atomic E-state index is 0.0217. The Hall–Kier alpha value is -1.83. The summed E-state index contributed by atoms with van der Waals surface area (Å²) in [6, 6.07) is 3.46. The average molecular weight is 361 g/mol. The van der Waals surface area contributed by atoms with Gasteiger partial charge in [0.2, 0.25) is 0 Å². The number of hydrogen-bond acceptors (Lipinski definition) is 4. The van der Waals surface area contributed by atoms with Gasteiger partial charge in [-0.05, 0) is 38.3 Å². The minimum Gasteiger partial charge on any atom is -0.491 e. The lowest BCUT2D eigenvalue weighted by Crippen LogP contribution is -2.35. The Morgan fingerprint density at radius 2 is 1.84 bits per heavy atom. The molecular weight excluding hydrogens is 340 g/mol. The summed E-state index contributed by atoms with van der Waals surface area (Å²) in [7, 11) is 1.59. The Morgan fingerprint density at radius 1 is 1.16 bits per heavy atom. The molecule has 0 amide bonds. The third kappa shape index (κ3) is 3.44. The summed E-state index contributed by atoms with van der Waals surface area (Å²) in [4.78, 5) is 25.7. The van der Waals surface area contributed by atoms with Gasteiger partial charge in [-0.2, -0.15) is 0 Å². The quantitative estimate of drug-likeness (QED) is 0.459. The van der Waals surface area contributed by atoms with E-state index in [2.05, 4.69) is 11.8 Å². The van der Waals surface area contributed by atoms with Crippen LogP contribution < -0.4 is 4.74 Å². The fraction of sp³-hybridized carbons (Fsp3) is 0.500. The second kappa shape index (κ2) is 7.59. The maximum atomic E-state index is 12.9. The second-order valence-electron chi connectivity index (χ2n) is 6.53. The Morgan fingerprint density at radius 3 is 2.44 bits per heavy atom. The van der Waals surface area contributed by atoms with Crippen molar-refractivity contribution in [3.63, 3.8) is 0 Å². The van der Waals surface area contributed by atoms with E-state index in [9.17, 15) is 9.59 Å². The SMILES string of the molecule is CC#Cc1cc(Cl)c(C2C(=O)C3CCC(C3)C2=O)c(OCCOC)c1. The maximum absolute atomic E-state index is 12.9. The van der Waals surface area contributed by atoms with E-state index in [0.717, 1.165) is 12.8 Å². The first-order valence-electron chi connectivity index (χ1n) is 8.52. The van der Waals surface area contributed by atoms with Gasteiger partial charge < -0.3 is 9.47 Å².